The number of thioether (sulfide) groups is 1. The molecule has 1 heterocycles. The zero-order valence-electron chi connectivity index (χ0n) is 17.4. The molecule has 2 aromatic carbocycles. The van der Waals surface area contributed by atoms with Crippen molar-refractivity contribution in [3.8, 4) is 5.75 Å². The summed E-state index contributed by atoms with van der Waals surface area (Å²) in [5, 5.41) is 3.37. The van der Waals surface area contributed by atoms with Gasteiger partial charge in [-0.05, 0) is 125 Å². The molecule has 0 aliphatic carbocycles. The van der Waals surface area contributed by atoms with Gasteiger partial charge in [0, 0.05) is 4.47 Å². The second-order valence-electron chi connectivity index (χ2n) is 6.78. The number of carbonyl (C=O) groups excluding carboxylic acids is 2. The molecule has 0 radical (unpaired) electrons. The zero-order chi connectivity index (χ0) is 23.4. The van der Waals surface area contributed by atoms with Gasteiger partial charge in [0.1, 0.15) is 5.75 Å². The molecule has 0 spiro atoms. The normalized spacial score (nSPS) is 15.9. The Hall–Kier alpha value is -1.12. The lowest BCUT2D eigenvalue weighted by atomic mass is 10.1. The van der Waals surface area contributed by atoms with E-state index in [1.54, 1.807) is 6.92 Å². The van der Waals surface area contributed by atoms with Crippen LogP contribution in [0, 0.1) is 21.0 Å². The molecule has 1 aliphatic heterocycles. The number of ether oxygens (including phenoxy) is 2. The predicted octanol–water partition coefficient (Wildman–Crippen LogP) is 6.11. The van der Waals surface area contributed by atoms with Crippen LogP contribution in [0.2, 0.25) is 0 Å². The van der Waals surface area contributed by atoms with E-state index in [1.165, 1.54) is 11.8 Å². The molecule has 0 unspecified atom stereocenters. The number of hydrogen-bond acceptors (Lipinski definition) is 6. The fourth-order valence-corrected chi connectivity index (χ4v) is 6.07. The molecule has 0 saturated carbocycles. The van der Waals surface area contributed by atoms with E-state index in [1.807, 2.05) is 44.2 Å². The molecule has 1 saturated heterocycles. The number of halogens is 3. The minimum atomic E-state index is -0.410. The number of carbonyl (C=O) groups is 2. The summed E-state index contributed by atoms with van der Waals surface area (Å²) >= 11 is 9.16. The fourth-order valence-electron chi connectivity index (χ4n) is 2.87. The van der Waals surface area contributed by atoms with Crippen molar-refractivity contribution < 1.29 is 19.1 Å². The van der Waals surface area contributed by atoms with Crippen molar-refractivity contribution in [1.82, 2.24) is 5.32 Å². The largest absolute Gasteiger partial charge is 0.480 e. The average molecular weight is 741 g/mol. The van der Waals surface area contributed by atoms with Crippen LogP contribution in [0.1, 0.15) is 23.6 Å². The highest BCUT2D eigenvalue weighted by atomic mass is 127. The molecular weight excluding hydrogens is 722 g/mol. The monoisotopic (exact) mass is 740 g/mol. The van der Waals surface area contributed by atoms with E-state index in [0.29, 0.717) is 22.4 Å². The quantitative estimate of drug-likeness (QED) is 0.220. The first-order valence-electron chi connectivity index (χ1n) is 9.51. The third-order valence-corrected chi connectivity index (χ3v) is 8.02. The Morgan fingerprint density at radius 3 is 2.41 bits per heavy atom. The SMILES string of the molecule is CCOC(=O)COc1c(I)cc(/C=C2\SC(=Nc3cc(C)c(Br)c(C)c3)NC2=O)cc1I. The maximum absolute atomic E-state index is 12.5. The van der Waals surface area contributed by atoms with Gasteiger partial charge in [0.2, 0.25) is 0 Å². The summed E-state index contributed by atoms with van der Waals surface area (Å²) in [5.74, 6) is 0.0208. The third-order valence-electron chi connectivity index (χ3n) is 4.26. The number of esters is 1. The van der Waals surface area contributed by atoms with Crippen molar-refractivity contribution >= 4 is 102 Å². The van der Waals surface area contributed by atoms with Crippen molar-refractivity contribution in [1.29, 1.82) is 0 Å². The maximum atomic E-state index is 12.5. The standard InChI is InChI=1S/C22H19BrI2N2O4S/c1-4-30-18(28)10-31-20-15(24)7-13(8-16(20)25)9-17-21(29)27-22(32-17)26-14-5-11(2)19(23)12(3)6-14/h5-9H,4,10H2,1-3H3,(H,26,27,29)/b17-9-. The van der Waals surface area contributed by atoms with E-state index in [9.17, 15) is 9.59 Å². The van der Waals surface area contributed by atoms with Crippen LogP contribution in [0.25, 0.3) is 6.08 Å². The molecule has 0 atom stereocenters. The Labute approximate surface area is 226 Å². The molecule has 10 heteroatoms. The molecule has 1 N–H and O–H groups in total. The lowest BCUT2D eigenvalue weighted by molar-refractivity contribution is -0.145. The van der Waals surface area contributed by atoms with Gasteiger partial charge >= 0.3 is 5.97 Å². The molecule has 0 aromatic heterocycles. The molecule has 168 valence electrons. The fraction of sp³-hybridized carbons (Fsp3) is 0.227. The summed E-state index contributed by atoms with van der Waals surface area (Å²) in [6.45, 7) is 5.94. The highest BCUT2D eigenvalue weighted by Gasteiger charge is 2.24. The summed E-state index contributed by atoms with van der Waals surface area (Å²) < 4.78 is 13.3. The van der Waals surface area contributed by atoms with Crippen molar-refractivity contribution in [2.24, 2.45) is 4.99 Å². The summed E-state index contributed by atoms with van der Waals surface area (Å²) in [6, 6.07) is 7.75. The van der Waals surface area contributed by atoms with Crippen molar-refractivity contribution in [3.05, 3.63) is 57.5 Å². The Balaban J connectivity index is 1.78. The van der Waals surface area contributed by atoms with Crippen molar-refractivity contribution in [3.63, 3.8) is 0 Å². The van der Waals surface area contributed by atoms with E-state index < -0.39 is 5.97 Å². The van der Waals surface area contributed by atoms with Crippen LogP contribution in [-0.4, -0.2) is 30.3 Å². The number of benzene rings is 2. The molecular formula is C22H19BrI2N2O4S. The van der Waals surface area contributed by atoms with E-state index in [2.05, 4.69) is 71.4 Å². The number of rotatable bonds is 6. The third kappa shape index (κ3) is 6.48. The van der Waals surface area contributed by atoms with Crippen molar-refractivity contribution in [2.45, 2.75) is 20.8 Å². The molecule has 32 heavy (non-hydrogen) atoms. The number of aryl methyl sites for hydroxylation is 2. The van der Waals surface area contributed by atoms with Gasteiger partial charge < -0.3 is 14.8 Å². The number of nitrogens with one attached hydrogen (secondary N) is 1. The van der Waals surface area contributed by atoms with Crippen LogP contribution >= 0.6 is 72.9 Å². The molecule has 3 rings (SSSR count). The lowest BCUT2D eigenvalue weighted by Crippen LogP contribution is -2.19. The van der Waals surface area contributed by atoms with Gasteiger partial charge in [0.15, 0.2) is 11.8 Å². The summed E-state index contributed by atoms with van der Waals surface area (Å²) in [5.41, 5.74) is 3.82. The Bertz CT molecular complexity index is 1100. The number of amidine groups is 1. The van der Waals surface area contributed by atoms with Gasteiger partial charge in [-0.3, -0.25) is 4.79 Å². The van der Waals surface area contributed by atoms with Gasteiger partial charge in [0.05, 0.1) is 24.3 Å². The smallest absolute Gasteiger partial charge is 0.344 e. The van der Waals surface area contributed by atoms with E-state index >= 15 is 0 Å². The van der Waals surface area contributed by atoms with E-state index in [-0.39, 0.29) is 12.5 Å². The van der Waals surface area contributed by atoms with Crippen LogP contribution in [-0.2, 0) is 14.3 Å². The second kappa shape index (κ2) is 11.3. The number of nitrogens with zero attached hydrogens (tertiary/aromatic N) is 1. The number of hydrogen-bond donors (Lipinski definition) is 1. The Morgan fingerprint density at radius 2 is 1.81 bits per heavy atom. The van der Waals surface area contributed by atoms with E-state index in [0.717, 1.165) is 34.0 Å². The van der Waals surface area contributed by atoms with Gasteiger partial charge in [-0.1, -0.05) is 15.9 Å². The van der Waals surface area contributed by atoms with Crippen LogP contribution in [0.4, 0.5) is 5.69 Å². The first-order chi connectivity index (χ1) is 15.2. The Morgan fingerprint density at radius 1 is 1.19 bits per heavy atom. The summed E-state index contributed by atoms with van der Waals surface area (Å²) in [4.78, 5) is 29.2. The molecule has 1 aliphatic rings. The van der Waals surface area contributed by atoms with Gasteiger partial charge in [-0.25, -0.2) is 9.79 Å². The Kier molecular flexibility index (Phi) is 9.04. The lowest BCUT2D eigenvalue weighted by Gasteiger charge is -2.11. The highest BCUT2D eigenvalue weighted by molar-refractivity contribution is 14.1. The van der Waals surface area contributed by atoms with Gasteiger partial charge in [-0.2, -0.15) is 0 Å². The second-order valence-corrected chi connectivity index (χ2v) is 10.9. The minimum Gasteiger partial charge on any atom is -0.480 e. The predicted molar refractivity (Wildman–Crippen MR) is 148 cm³/mol. The first-order valence-corrected chi connectivity index (χ1v) is 13.3. The molecule has 0 bridgehead atoms. The summed E-state index contributed by atoms with van der Waals surface area (Å²) in [6.07, 6.45) is 1.82. The average Bonchev–Trinajstić information content (AvgIpc) is 3.04. The van der Waals surface area contributed by atoms with Crippen LogP contribution in [0.5, 0.6) is 5.75 Å². The van der Waals surface area contributed by atoms with Crippen LogP contribution in [0.3, 0.4) is 0 Å². The van der Waals surface area contributed by atoms with Crippen molar-refractivity contribution in [2.75, 3.05) is 13.2 Å². The zero-order valence-corrected chi connectivity index (χ0v) is 24.1. The number of aliphatic imine (C=N–C) groups is 1. The van der Waals surface area contributed by atoms with E-state index in [4.69, 9.17) is 9.47 Å². The van der Waals surface area contributed by atoms with Gasteiger partial charge in [0.25, 0.3) is 5.91 Å². The van der Waals surface area contributed by atoms with Crippen LogP contribution in [0.15, 0.2) is 38.6 Å². The van der Waals surface area contributed by atoms with Crippen LogP contribution < -0.4 is 10.1 Å². The minimum absolute atomic E-state index is 0.145. The number of amides is 1. The maximum Gasteiger partial charge on any atom is 0.344 e. The molecule has 2 aromatic rings. The molecule has 6 nitrogen and oxygen atoms in total. The first kappa shape index (κ1) is 25.5. The molecule has 1 amide bonds. The summed E-state index contributed by atoms with van der Waals surface area (Å²) in [7, 11) is 0. The molecule has 1 fully saturated rings. The highest BCUT2D eigenvalue weighted by Crippen LogP contribution is 2.33. The van der Waals surface area contributed by atoms with Gasteiger partial charge in [-0.15, -0.1) is 0 Å². The topological polar surface area (TPSA) is 77.0 Å².